The van der Waals surface area contributed by atoms with Gasteiger partial charge < -0.3 is 10.1 Å². The van der Waals surface area contributed by atoms with Gasteiger partial charge in [0.2, 0.25) is 0 Å². The molecule has 0 radical (unpaired) electrons. The van der Waals surface area contributed by atoms with Crippen molar-refractivity contribution in [1.29, 1.82) is 0 Å². The highest BCUT2D eigenvalue weighted by Crippen LogP contribution is 2.16. The second kappa shape index (κ2) is 5.19. The minimum atomic E-state index is 0.469. The van der Waals surface area contributed by atoms with Gasteiger partial charge in [-0.2, -0.15) is 0 Å². The van der Waals surface area contributed by atoms with Crippen molar-refractivity contribution < 1.29 is 4.74 Å². The molecule has 0 aromatic carbocycles. The SMILES string of the molecule is CC(NCc1ncccn1)C1CCOC1. The van der Waals surface area contributed by atoms with Crippen LogP contribution >= 0.6 is 0 Å². The molecule has 1 aromatic rings. The molecular formula is C11H17N3O. The van der Waals surface area contributed by atoms with E-state index in [9.17, 15) is 0 Å². The van der Waals surface area contributed by atoms with Gasteiger partial charge in [-0.1, -0.05) is 0 Å². The molecule has 2 heterocycles. The van der Waals surface area contributed by atoms with Crippen LogP contribution in [0.1, 0.15) is 19.2 Å². The molecule has 0 saturated carbocycles. The van der Waals surface area contributed by atoms with E-state index in [4.69, 9.17) is 4.74 Å². The molecule has 4 nitrogen and oxygen atoms in total. The molecule has 0 amide bonds. The number of rotatable bonds is 4. The van der Waals surface area contributed by atoms with E-state index >= 15 is 0 Å². The fraction of sp³-hybridized carbons (Fsp3) is 0.636. The number of nitrogens with one attached hydrogen (secondary N) is 1. The maximum absolute atomic E-state index is 5.36. The molecule has 2 rings (SSSR count). The third-order valence-electron chi connectivity index (χ3n) is 2.87. The summed E-state index contributed by atoms with van der Waals surface area (Å²) in [5.74, 6) is 1.48. The van der Waals surface area contributed by atoms with Gasteiger partial charge in [0.25, 0.3) is 0 Å². The minimum absolute atomic E-state index is 0.469. The van der Waals surface area contributed by atoms with Crippen LogP contribution in [0.4, 0.5) is 0 Å². The van der Waals surface area contributed by atoms with E-state index in [2.05, 4.69) is 22.2 Å². The van der Waals surface area contributed by atoms with Crippen LogP contribution in [0.15, 0.2) is 18.5 Å². The van der Waals surface area contributed by atoms with Gasteiger partial charge in [0.05, 0.1) is 13.2 Å². The van der Waals surface area contributed by atoms with E-state index in [1.54, 1.807) is 12.4 Å². The van der Waals surface area contributed by atoms with Crippen LogP contribution in [0.5, 0.6) is 0 Å². The normalized spacial score (nSPS) is 22.9. The fourth-order valence-corrected chi connectivity index (χ4v) is 1.79. The van der Waals surface area contributed by atoms with Gasteiger partial charge in [-0.05, 0) is 25.3 Å². The summed E-state index contributed by atoms with van der Waals surface area (Å²) in [5, 5.41) is 3.44. The van der Waals surface area contributed by atoms with Gasteiger partial charge >= 0.3 is 0 Å². The third-order valence-corrected chi connectivity index (χ3v) is 2.87. The first kappa shape index (κ1) is 10.5. The van der Waals surface area contributed by atoms with Crippen molar-refractivity contribution in [1.82, 2.24) is 15.3 Å². The van der Waals surface area contributed by atoms with Crippen molar-refractivity contribution in [3.05, 3.63) is 24.3 Å². The van der Waals surface area contributed by atoms with E-state index in [0.717, 1.165) is 32.0 Å². The highest BCUT2D eigenvalue weighted by molar-refractivity contribution is 4.89. The Morgan fingerprint density at radius 3 is 3.00 bits per heavy atom. The number of hydrogen-bond acceptors (Lipinski definition) is 4. The standard InChI is InChI=1S/C11H17N3O/c1-9(10-3-6-15-8-10)14-7-11-12-4-2-5-13-11/h2,4-5,9-10,14H,3,6-8H2,1H3. The molecule has 82 valence electrons. The van der Waals surface area contributed by atoms with E-state index < -0.39 is 0 Å². The van der Waals surface area contributed by atoms with Crippen molar-refractivity contribution in [2.24, 2.45) is 5.92 Å². The quantitative estimate of drug-likeness (QED) is 0.800. The van der Waals surface area contributed by atoms with Gasteiger partial charge in [-0.3, -0.25) is 0 Å². The Morgan fingerprint density at radius 1 is 1.53 bits per heavy atom. The van der Waals surface area contributed by atoms with Crippen LogP contribution in [0.2, 0.25) is 0 Å². The molecule has 15 heavy (non-hydrogen) atoms. The molecule has 2 unspecified atom stereocenters. The predicted molar refractivity (Wildman–Crippen MR) is 57.3 cm³/mol. The molecule has 1 N–H and O–H groups in total. The molecule has 0 aliphatic carbocycles. The van der Waals surface area contributed by atoms with E-state index in [-0.39, 0.29) is 0 Å². The lowest BCUT2D eigenvalue weighted by atomic mass is 10.0. The summed E-state index contributed by atoms with van der Waals surface area (Å²) in [6.45, 7) is 4.71. The summed E-state index contributed by atoms with van der Waals surface area (Å²) in [6, 6.07) is 2.30. The summed E-state index contributed by atoms with van der Waals surface area (Å²) in [6.07, 6.45) is 4.70. The van der Waals surface area contributed by atoms with Crippen LogP contribution in [-0.2, 0) is 11.3 Å². The van der Waals surface area contributed by atoms with Gasteiger partial charge in [-0.25, -0.2) is 9.97 Å². The van der Waals surface area contributed by atoms with Crippen LogP contribution in [0.3, 0.4) is 0 Å². The Hall–Kier alpha value is -1.00. The lowest BCUT2D eigenvalue weighted by molar-refractivity contribution is 0.178. The maximum Gasteiger partial charge on any atom is 0.141 e. The highest BCUT2D eigenvalue weighted by Gasteiger charge is 2.21. The van der Waals surface area contributed by atoms with Gasteiger partial charge in [0.15, 0.2) is 0 Å². The number of aromatic nitrogens is 2. The van der Waals surface area contributed by atoms with Crippen molar-refractivity contribution in [2.75, 3.05) is 13.2 Å². The van der Waals surface area contributed by atoms with Crippen molar-refractivity contribution in [2.45, 2.75) is 25.9 Å². The molecule has 4 heteroatoms. The van der Waals surface area contributed by atoms with Gasteiger partial charge in [-0.15, -0.1) is 0 Å². The monoisotopic (exact) mass is 207 g/mol. The summed E-state index contributed by atoms with van der Waals surface area (Å²) in [7, 11) is 0. The summed E-state index contributed by atoms with van der Waals surface area (Å²) < 4.78 is 5.36. The molecule has 0 bridgehead atoms. The molecule has 1 aliphatic rings. The van der Waals surface area contributed by atoms with E-state index in [1.165, 1.54) is 0 Å². The van der Waals surface area contributed by atoms with Crippen LogP contribution in [0.25, 0.3) is 0 Å². The lowest BCUT2D eigenvalue weighted by Gasteiger charge is -2.18. The Morgan fingerprint density at radius 2 is 2.33 bits per heavy atom. The Kier molecular flexibility index (Phi) is 3.64. The Balaban J connectivity index is 1.77. The second-order valence-corrected chi connectivity index (χ2v) is 3.96. The smallest absolute Gasteiger partial charge is 0.141 e. The Labute approximate surface area is 90.1 Å². The van der Waals surface area contributed by atoms with Crippen molar-refractivity contribution in [3.8, 4) is 0 Å². The van der Waals surface area contributed by atoms with Crippen LogP contribution in [-0.4, -0.2) is 29.2 Å². The average Bonchev–Trinajstić information content (AvgIpc) is 2.81. The molecule has 0 spiro atoms. The lowest BCUT2D eigenvalue weighted by Crippen LogP contribution is -2.33. The molecule has 1 aromatic heterocycles. The second-order valence-electron chi connectivity index (χ2n) is 3.96. The number of hydrogen-bond donors (Lipinski definition) is 1. The van der Waals surface area contributed by atoms with Gasteiger partial charge in [0, 0.05) is 25.0 Å². The topological polar surface area (TPSA) is 47.0 Å². The zero-order chi connectivity index (χ0) is 10.5. The zero-order valence-electron chi connectivity index (χ0n) is 9.02. The first-order valence-corrected chi connectivity index (χ1v) is 5.43. The summed E-state index contributed by atoms with van der Waals surface area (Å²) >= 11 is 0. The molecular weight excluding hydrogens is 190 g/mol. The third kappa shape index (κ3) is 2.97. The molecule has 1 fully saturated rings. The van der Waals surface area contributed by atoms with Crippen LogP contribution in [0, 0.1) is 5.92 Å². The number of nitrogens with zero attached hydrogens (tertiary/aromatic N) is 2. The first-order chi connectivity index (χ1) is 7.36. The zero-order valence-corrected chi connectivity index (χ0v) is 9.02. The molecule has 2 atom stereocenters. The molecule has 1 aliphatic heterocycles. The fourth-order valence-electron chi connectivity index (χ4n) is 1.79. The predicted octanol–water partition coefficient (Wildman–Crippen LogP) is 0.991. The van der Waals surface area contributed by atoms with Crippen molar-refractivity contribution in [3.63, 3.8) is 0 Å². The average molecular weight is 207 g/mol. The van der Waals surface area contributed by atoms with Crippen molar-refractivity contribution >= 4 is 0 Å². The summed E-state index contributed by atoms with van der Waals surface area (Å²) in [4.78, 5) is 8.34. The Bertz CT molecular complexity index is 285. The molecule has 1 saturated heterocycles. The number of ether oxygens (including phenoxy) is 1. The summed E-state index contributed by atoms with van der Waals surface area (Å²) in [5.41, 5.74) is 0. The highest BCUT2D eigenvalue weighted by atomic mass is 16.5. The minimum Gasteiger partial charge on any atom is -0.381 e. The maximum atomic E-state index is 5.36. The van der Waals surface area contributed by atoms with Crippen LogP contribution < -0.4 is 5.32 Å². The largest absolute Gasteiger partial charge is 0.381 e. The first-order valence-electron chi connectivity index (χ1n) is 5.43. The van der Waals surface area contributed by atoms with E-state index in [1.807, 2.05) is 6.07 Å². The van der Waals surface area contributed by atoms with E-state index in [0.29, 0.717) is 12.0 Å². The van der Waals surface area contributed by atoms with Gasteiger partial charge in [0.1, 0.15) is 5.82 Å².